The molecule has 0 aliphatic carbocycles. The van der Waals surface area contributed by atoms with Gasteiger partial charge in [0, 0.05) is 5.33 Å². The molecule has 0 aliphatic rings. The van der Waals surface area contributed by atoms with Gasteiger partial charge in [0.2, 0.25) is 10.0 Å². The molecule has 6 heteroatoms. The van der Waals surface area contributed by atoms with Crippen LogP contribution in [-0.2, 0) is 10.0 Å². The molecule has 4 nitrogen and oxygen atoms in total. The van der Waals surface area contributed by atoms with Crippen molar-refractivity contribution in [3.63, 3.8) is 0 Å². The van der Waals surface area contributed by atoms with Gasteiger partial charge in [-0.05, 0) is 36.8 Å². The Kier molecular flexibility index (Phi) is 5.61. The summed E-state index contributed by atoms with van der Waals surface area (Å²) in [5.41, 5.74) is 1.89. The van der Waals surface area contributed by atoms with Gasteiger partial charge in [0.1, 0.15) is 5.75 Å². The van der Waals surface area contributed by atoms with Crippen LogP contribution in [0.3, 0.4) is 0 Å². The van der Waals surface area contributed by atoms with E-state index < -0.39 is 10.0 Å². The van der Waals surface area contributed by atoms with E-state index in [1.54, 1.807) is 31.4 Å². The predicted octanol–water partition coefficient (Wildman–Crippen LogP) is 3.42. The Hall–Kier alpha value is -1.37. The van der Waals surface area contributed by atoms with Gasteiger partial charge in [0.15, 0.2) is 0 Å². The highest BCUT2D eigenvalue weighted by Gasteiger charge is 2.20. The van der Waals surface area contributed by atoms with Crippen LogP contribution in [0.1, 0.15) is 17.2 Å². The average Bonchev–Trinajstić information content (AvgIpc) is 2.53. The van der Waals surface area contributed by atoms with Crippen LogP contribution in [0.15, 0.2) is 53.4 Å². The third kappa shape index (κ3) is 4.09. The molecule has 2 aromatic rings. The number of rotatable bonds is 6. The predicted molar refractivity (Wildman–Crippen MR) is 91.0 cm³/mol. The molecule has 2 rings (SSSR count). The molecule has 22 heavy (non-hydrogen) atoms. The number of alkyl halides is 1. The number of sulfonamides is 1. The van der Waals surface area contributed by atoms with E-state index >= 15 is 0 Å². The lowest BCUT2D eigenvalue weighted by atomic mass is 10.1. The van der Waals surface area contributed by atoms with Crippen LogP contribution in [0.5, 0.6) is 5.75 Å². The largest absolute Gasteiger partial charge is 0.497 e. The Morgan fingerprint density at radius 3 is 2.18 bits per heavy atom. The van der Waals surface area contributed by atoms with Crippen molar-refractivity contribution in [1.82, 2.24) is 4.72 Å². The summed E-state index contributed by atoms with van der Waals surface area (Å²) in [5, 5.41) is 0.477. The summed E-state index contributed by atoms with van der Waals surface area (Å²) in [6.07, 6.45) is 0. The van der Waals surface area contributed by atoms with E-state index in [2.05, 4.69) is 20.7 Å². The second-order valence-electron chi connectivity index (χ2n) is 4.91. The van der Waals surface area contributed by atoms with Gasteiger partial charge >= 0.3 is 0 Å². The van der Waals surface area contributed by atoms with Crippen LogP contribution >= 0.6 is 15.9 Å². The number of hydrogen-bond donors (Lipinski definition) is 1. The summed E-state index contributed by atoms with van der Waals surface area (Å²) in [7, 11) is -1.97. The maximum Gasteiger partial charge on any atom is 0.241 e. The van der Waals surface area contributed by atoms with Crippen molar-refractivity contribution in [3.05, 3.63) is 59.7 Å². The molecular formula is C16H18BrNO3S. The van der Waals surface area contributed by atoms with E-state index in [-0.39, 0.29) is 10.9 Å². The number of hydrogen-bond acceptors (Lipinski definition) is 3. The molecule has 1 N–H and O–H groups in total. The molecule has 0 saturated heterocycles. The summed E-state index contributed by atoms with van der Waals surface area (Å²) >= 11 is 3.37. The molecule has 1 atom stereocenters. The molecule has 0 aromatic heterocycles. The minimum Gasteiger partial charge on any atom is -0.497 e. The molecule has 0 bridgehead atoms. The average molecular weight is 384 g/mol. The van der Waals surface area contributed by atoms with Crippen LogP contribution in [0.4, 0.5) is 0 Å². The highest BCUT2D eigenvalue weighted by molar-refractivity contribution is 9.09. The SMILES string of the molecule is COc1ccc(C(CBr)NS(=O)(=O)c2ccc(C)cc2)cc1. The fourth-order valence-electron chi connectivity index (χ4n) is 2.00. The molecule has 0 saturated carbocycles. The molecule has 0 aliphatic heterocycles. The zero-order chi connectivity index (χ0) is 16.2. The molecule has 118 valence electrons. The molecule has 0 fully saturated rings. The third-order valence-electron chi connectivity index (χ3n) is 3.30. The second-order valence-corrected chi connectivity index (χ2v) is 7.28. The highest BCUT2D eigenvalue weighted by atomic mass is 79.9. The van der Waals surface area contributed by atoms with Crippen LogP contribution < -0.4 is 9.46 Å². The molecule has 2 aromatic carbocycles. The minimum atomic E-state index is -3.56. The first-order valence-electron chi connectivity index (χ1n) is 6.75. The molecule has 0 heterocycles. The molecule has 1 unspecified atom stereocenters. The monoisotopic (exact) mass is 383 g/mol. The zero-order valence-corrected chi connectivity index (χ0v) is 14.8. The van der Waals surface area contributed by atoms with Crippen molar-refractivity contribution in [2.45, 2.75) is 17.9 Å². The van der Waals surface area contributed by atoms with Gasteiger partial charge < -0.3 is 4.74 Å². The summed E-state index contributed by atoms with van der Waals surface area (Å²) in [5.74, 6) is 0.735. The van der Waals surface area contributed by atoms with E-state index in [1.807, 2.05) is 31.2 Å². The lowest BCUT2D eigenvalue weighted by molar-refractivity contribution is 0.414. The smallest absolute Gasteiger partial charge is 0.241 e. The number of halogens is 1. The van der Waals surface area contributed by atoms with Gasteiger partial charge in [0.05, 0.1) is 18.0 Å². The normalized spacial score (nSPS) is 12.9. The Balaban J connectivity index is 2.22. The van der Waals surface area contributed by atoms with E-state index in [9.17, 15) is 8.42 Å². The Bertz CT molecular complexity index is 712. The van der Waals surface area contributed by atoms with E-state index in [1.165, 1.54) is 0 Å². The first-order chi connectivity index (χ1) is 10.5. The van der Waals surface area contributed by atoms with E-state index in [0.29, 0.717) is 5.33 Å². The molecular weight excluding hydrogens is 366 g/mol. The summed E-state index contributed by atoms with van der Waals surface area (Å²) in [4.78, 5) is 0.262. The van der Waals surface area contributed by atoms with Gasteiger partial charge in [-0.15, -0.1) is 0 Å². The third-order valence-corrected chi connectivity index (χ3v) is 5.44. The van der Waals surface area contributed by atoms with Gasteiger partial charge in [0.25, 0.3) is 0 Å². The zero-order valence-electron chi connectivity index (χ0n) is 12.4. The van der Waals surface area contributed by atoms with Crippen LogP contribution in [-0.4, -0.2) is 20.9 Å². The summed E-state index contributed by atoms with van der Waals surface area (Å²) in [6, 6.07) is 13.8. The van der Waals surface area contributed by atoms with Crippen LogP contribution in [0, 0.1) is 6.92 Å². The van der Waals surface area contributed by atoms with E-state index in [0.717, 1.165) is 16.9 Å². The number of benzene rings is 2. The molecule has 0 amide bonds. The quantitative estimate of drug-likeness (QED) is 0.777. The highest BCUT2D eigenvalue weighted by Crippen LogP contribution is 2.22. The first-order valence-corrected chi connectivity index (χ1v) is 9.35. The fourth-order valence-corrected chi connectivity index (χ4v) is 3.97. The number of ether oxygens (including phenoxy) is 1. The Morgan fingerprint density at radius 1 is 1.09 bits per heavy atom. The van der Waals surface area contributed by atoms with Gasteiger partial charge in [-0.1, -0.05) is 45.8 Å². The van der Waals surface area contributed by atoms with Crippen molar-refractivity contribution in [3.8, 4) is 5.75 Å². The molecule has 0 spiro atoms. The van der Waals surface area contributed by atoms with Crippen LogP contribution in [0.25, 0.3) is 0 Å². The van der Waals surface area contributed by atoms with Crippen molar-refractivity contribution in [2.24, 2.45) is 0 Å². The number of methoxy groups -OCH3 is 1. The number of nitrogens with one attached hydrogen (secondary N) is 1. The lowest BCUT2D eigenvalue weighted by Crippen LogP contribution is -2.29. The number of aryl methyl sites for hydroxylation is 1. The van der Waals surface area contributed by atoms with Crippen molar-refractivity contribution in [1.29, 1.82) is 0 Å². The second kappa shape index (κ2) is 7.26. The van der Waals surface area contributed by atoms with Crippen molar-refractivity contribution < 1.29 is 13.2 Å². The maximum absolute atomic E-state index is 12.5. The lowest BCUT2D eigenvalue weighted by Gasteiger charge is -2.17. The summed E-state index contributed by atoms with van der Waals surface area (Å²) < 4.78 is 32.7. The summed E-state index contributed by atoms with van der Waals surface area (Å²) in [6.45, 7) is 1.92. The first kappa shape index (κ1) is 17.0. The topological polar surface area (TPSA) is 55.4 Å². The van der Waals surface area contributed by atoms with Crippen LogP contribution in [0.2, 0.25) is 0 Å². The molecule has 0 radical (unpaired) electrons. The van der Waals surface area contributed by atoms with E-state index in [4.69, 9.17) is 4.74 Å². The van der Waals surface area contributed by atoms with Crippen molar-refractivity contribution >= 4 is 26.0 Å². The standard InChI is InChI=1S/C16H18BrNO3S/c1-12-3-9-15(10-4-12)22(19,20)18-16(11-17)13-5-7-14(21-2)8-6-13/h3-10,16,18H,11H2,1-2H3. The van der Waals surface area contributed by atoms with Gasteiger partial charge in [-0.3, -0.25) is 0 Å². The van der Waals surface area contributed by atoms with Gasteiger partial charge in [-0.25, -0.2) is 13.1 Å². The Labute approximate surface area is 139 Å². The van der Waals surface area contributed by atoms with Crippen molar-refractivity contribution in [2.75, 3.05) is 12.4 Å². The Morgan fingerprint density at radius 2 is 1.68 bits per heavy atom. The fraction of sp³-hybridized carbons (Fsp3) is 0.250. The maximum atomic E-state index is 12.5. The minimum absolute atomic E-state index is 0.262. The van der Waals surface area contributed by atoms with Gasteiger partial charge in [-0.2, -0.15) is 0 Å².